The zero-order chi connectivity index (χ0) is 14.0. The third-order valence-corrected chi connectivity index (χ3v) is 5.80. The summed E-state index contributed by atoms with van der Waals surface area (Å²) in [6.07, 6.45) is 3.39. The van der Waals surface area contributed by atoms with Crippen LogP contribution in [0.4, 0.5) is 0 Å². The Morgan fingerprint density at radius 3 is 2.74 bits per heavy atom. The van der Waals surface area contributed by atoms with E-state index in [1.807, 2.05) is 0 Å². The molecular weight excluding hydrogens is 288 g/mol. The van der Waals surface area contributed by atoms with E-state index in [0.717, 1.165) is 30.6 Å². The molecule has 4 N–H and O–H groups in total. The molecule has 0 aliphatic heterocycles. The van der Waals surface area contributed by atoms with Crippen LogP contribution >= 0.6 is 11.3 Å². The van der Waals surface area contributed by atoms with Crippen LogP contribution < -0.4 is 10.5 Å². The summed E-state index contributed by atoms with van der Waals surface area (Å²) in [6.45, 7) is 0. The first-order valence-electron chi connectivity index (χ1n) is 6.00. The lowest BCUT2D eigenvalue weighted by atomic mass is 9.92. The van der Waals surface area contributed by atoms with Crippen LogP contribution in [0.5, 0.6) is 0 Å². The van der Waals surface area contributed by atoms with Crippen molar-refractivity contribution in [2.24, 2.45) is 5.73 Å². The largest absolute Gasteiger partial charge is 0.477 e. The van der Waals surface area contributed by atoms with Gasteiger partial charge in [0.15, 0.2) is 0 Å². The third-order valence-electron chi connectivity index (χ3n) is 3.24. The maximum Gasteiger partial charge on any atom is 0.347 e. The number of carboxylic acids is 1. The lowest BCUT2D eigenvalue weighted by Crippen LogP contribution is -2.49. The molecule has 0 bridgehead atoms. The van der Waals surface area contributed by atoms with Gasteiger partial charge in [0.05, 0.1) is 0 Å². The Labute approximate surface area is 115 Å². The van der Waals surface area contributed by atoms with Crippen LogP contribution in [-0.4, -0.2) is 31.6 Å². The first kappa shape index (κ1) is 14.4. The van der Waals surface area contributed by atoms with Gasteiger partial charge in [0.2, 0.25) is 10.0 Å². The molecule has 1 aliphatic carbocycles. The molecule has 2 unspecified atom stereocenters. The molecule has 106 valence electrons. The molecule has 0 aromatic carbocycles. The highest BCUT2D eigenvalue weighted by Gasteiger charge is 2.30. The van der Waals surface area contributed by atoms with Gasteiger partial charge in [0.1, 0.15) is 9.77 Å². The first-order chi connectivity index (χ1) is 8.92. The fourth-order valence-electron chi connectivity index (χ4n) is 2.23. The summed E-state index contributed by atoms with van der Waals surface area (Å²) < 4.78 is 27.0. The summed E-state index contributed by atoms with van der Waals surface area (Å²) in [6, 6.07) is 0.779. The SMILES string of the molecule is NC1CCCCC1NS(=O)(=O)c1ccsc1C(=O)O. The van der Waals surface area contributed by atoms with E-state index >= 15 is 0 Å². The molecule has 1 saturated carbocycles. The minimum Gasteiger partial charge on any atom is -0.477 e. The Morgan fingerprint density at radius 2 is 2.11 bits per heavy atom. The summed E-state index contributed by atoms with van der Waals surface area (Å²) in [5.74, 6) is -1.23. The second kappa shape index (κ2) is 5.58. The monoisotopic (exact) mass is 304 g/mol. The Morgan fingerprint density at radius 1 is 1.42 bits per heavy atom. The van der Waals surface area contributed by atoms with Crippen LogP contribution in [0.25, 0.3) is 0 Å². The van der Waals surface area contributed by atoms with Gasteiger partial charge in [0.25, 0.3) is 0 Å². The molecule has 1 aromatic rings. The van der Waals surface area contributed by atoms with Crippen molar-refractivity contribution in [3.63, 3.8) is 0 Å². The Hall–Kier alpha value is -0.960. The van der Waals surface area contributed by atoms with Crippen molar-refractivity contribution in [1.29, 1.82) is 0 Å². The van der Waals surface area contributed by atoms with Crippen molar-refractivity contribution in [3.8, 4) is 0 Å². The van der Waals surface area contributed by atoms with Crippen molar-refractivity contribution in [2.75, 3.05) is 0 Å². The predicted octanol–water partition coefficient (Wildman–Crippen LogP) is 0.994. The molecule has 0 saturated heterocycles. The molecule has 19 heavy (non-hydrogen) atoms. The molecule has 1 aromatic heterocycles. The molecule has 6 nitrogen and oxygen atoms in total. The molecule has 2 atom stereocenters. The van der Waals surface area contributed by atoms with Crippen molar-refractivity contribution in [2.45, 2.75) is 42.7 Å². The summed E-state index contributed by atoms with van der Waals surface area (Å²) in [5, 5.41) is 10.4. The van der Waals surface area contributed by atoms with Gasteiger partial charge in [-0.05, 0) is 24.3 Å². The van der Waals surface area contributed by atoms with Gasteiger partial charge >= 0.3 is 5.97 Å². The first-order valence-corrected chi connectivity index (χ1v) is 8.37. The summed E-state index contributed by atoms with van der Waals surface area (Å²) in [7, 11) is -3.83. The fourth-order valence-corrected chi connectivity index (χ4v) is 4.82. The second-order valence-corrected chi connectivity index (χ2v) is 7.19. The predicted molar refractivity (Wildman–Crippen MR) is 71.8 cm³/mol. The van der Waals surface area contributed by atoms with E-state index in [-0.39, 0.29) is 21.9 Å². The van der Waals surface area contributed by atoms with Crippen molar-refractivity contribution in [3.05, 3.63) is 16.3 Å². The lowest BCUT2D eigenvalue weighted by Gasteiger charge is -2.28. The van der Waals surface area contributed by atoms with Crippen molar-refractivity contribution >= 4 is 27.3 Å². The zero-order valence-corrected chi connectivity index (χ0v) is 11.8. The second-order valence-electron chi connectivity index (χ2n) is 4.60. The standard InChI is InChI=1S/C11H16N2O4S2/c12-7-3-1-2-4-8(7)13-19(16,17)9-5-6-18-10(9)11(14)15/h5-8,13H,1-4,12H2,(H,14,15). The molecular formula is C11H16N2O4S2. The number of hydrogen-bond acceptors (Lipinski definition) is 5. The summed E-state index contributed by atoms with van der Waals surface area (Å²) >= 11 is 0.897. The smallest absolute Gasteiger partial charge is 0.347 e. The average molecular weight is 304 g/mol. The average Bonchev–Trinajstić information content (AvgIpc) is 2.82. The van der Waals surface area contributed by atoms with E-state index in [1.54, 1.807) is 0 Å². The van der Waals surface area contributed by atoms with E-state index in [9.17, 15) is 13.2 Å². The number of sulfonamides is 1. The molecule has 1 aliphatic rings. The number of carbonyl (C=O) groups is 1. The van der Waals surface area contributed by atoms with Gasteiger partial charge in [-0.15, -0.1) is 11.3 Å². The van der Waals surface area contributed by atoms with Crippen LogP contribution in [-0.2, 0) is 10.0 Å². The minimum atomic E-state index is -3.83. The van der Waals surface area contributed by atoms with Gasteiger partial charge in [-0.1, -0.05) is 12.8 Å². The number of carboxylic acid groups (broad SMARTS) is 1. The van der Waals surface area contributed by atoms with E-state index in [4.69, 9.17) is 10.8 Å². The van der Waals surface area contributed by atoms with Gasteiger partial charge < -0.3 is 10.8 Å². The van der Waals surface area contributed by atoms with Gasteiger partial charge in [-0.3, -0.25) is 0 Å². The number of thiophene rings is 1. The fraction of sp³-hybridized carbons (Fsp3) is 0.545. The number of nitrogens with one attached hydrogen (secondary N) is 1. The van der Waals surface area contributed by atoms with E-state index in [0.29, 0.717) is 6.42 Å². The van der Waals surface area contributed by atoms with Crippen LogP contribution in [0.15, 0.2) is 16.3 Å². The van der Waals surface area contributed by atoms with Crippen LogP contribution in [0.2, 0.25) is 0 Å². The quantitative estimate of drug-likeness (QED) is 0.768. The van der Waals surface area contributed by atoms with Crippen molar-refractivity contribution < 1.29 is 18.3 Å². The molecule has 0 spiro atoms. The van der Waals surface area contributed by atoms with Crippen LogP contribution in [0.3, 0.4) is 0 Å². The molecule has 0 amide bonds. The third kappa shape index (κ3) is 3.14. The zero-order valence-electron chi connectivity index (χ0n) is 10.2. The van der Waals surface area contributed by atoms with E-state index < -0.39 is 16.0 Å². The summed E-state index contributed by atoms with van der Waals surface area (Å²) in [4.78, 5) is 10.6. The van der Waals surface area contributed by atoms with E-state index in [2.05, 4.69) is 4.72 Å². The number of nitrogens with two attached hydrogens (primary N) is 1. The minimum absolute atomic E-state index is 0.170. The van der Waals surface area contributed by atoms with Gasteiger partial charge in [-0.2, -0.15) is 0 Å². The highest BCUT2D eigenvalue weighted by atomic mass is 32.2. The Bertz CT molecular complexity index is 567. The maximum atomic E-state index is 12.2. The Kier molecular flexibility index (Phi) is 4.24. The van der Waals surface area contributed by atoms with E-state index in [1.165, 1.54) is 11.4 Å². The highest BCUT2D eigenvalue weighted by molar-refractivity contribution is 7.89. The molecule has 0 radical (unpaired) electrons. The lowest BCUT2D eigenvalue weighted by molar-refractivity contribution is 0.0698. The Balaban J connectivity index is 2.22. The topological polar surface area (TPSA) is 109 Å². The maximum absolute atomic E-state index is 12.2. The highest BCUT2D eigenvalue weighted by Crippen LogP contribution is 2.24. The number of hydrogen-bond donors (Lipinski definition) is 3. The van der Waals surface area contributed by atoms with Crippen LogP contribution in [0, 0.1) is 0 Å². The molecule has 8 heteroatoms. The van der Waals surface area contributed by atoms with Gasteiger partial charge in [-0.25, -0.2) is 17.9 Å². The van der Waals surface area contributed by atoms with Crippen molar-refractivity contribution in [1.82, 2.24) is 4.72 Å². The summed E-state index contributed by atoms with van der Waals surface area (Å²) in [5.41, 5.74) is 5.90. The van der Waals surface area contributed by atoms with Gasteiger partial charge in [0, 0.05) is 12.1 Å². The molecule has 1 heterocycles. The number of aromatic carboxylic acids is 1. The number of rotatable bonds is 4. The van der Waals surface area contributed by atoms with Crippen LogP contribution in [0.1, 0.15) is 35.4 Å². The molecule has 2 rings (SSSR count). The molecule has 1 fully saturated rings. The normalized spacial score (nSPS) is 24.3.